The van der Waals surface area contributed by atoms with E-state index in [0.29, 0.717) is 15.6 Å². The maximum absolute atomic E-state index is 13.4. The minimum atomic E-state index is -1.17. The molecule has 0 aromatic heterocycles. The van der Waals surface area contributed by atoms with Crippen LogP contribution in [-0.4, -0.2) is 6.54 Å². The Morgan fingerprint density at radius 2 is 1.85 bits per heavy atom. The lowest BCUT2D eigenvalue weighted by Gasteiger charge is -2.10. The predicted molar refractivity (Wildman–Crippen MR) is 54.0 cm³/mol. The second kappa shape index (κ2) is 4.80. The Balaban J connectivity index is 2.98. The summed E-state index contributed by atoms with van der Waals surface area (Å²) in [5.74, 6) is 0. The molecule has 1 rings (SSSR count). The molecule has 0 saturated heterocycles. The van der Waals surface area contributed by atoms with Crippen LogP contribution in [0.5, 0.6) is 0 Å². The Labute approximate surface area is 86.6 Å². The molecule has 1 aromatic carbocycles. The number of nitrogens with two attached hydrogens (primary N) is 1. The van der Waals surface area contributed by atoms with E-state index in [1.165, 1.54) is 0 Å². The lowest BCUT2D eigenvalue weighted by atomic mass is 10.1. The average Bonchev–Trinajstić information content (AvgIpc) is 2.04. The third kappa shape index (κ3) is 2.56. The van der Waals surface area contributed by atoms with E-state index in [1.807, 2.05) is 0 Å². The Morgan fingerprint density at radius 1 is 1.31 bits per heavy atom. The number of hydrogen-bond donors (Lipinski definition) is 1. The van der Waals surface area contributed by atoms with Crippen LogP contribution >= 0.6 is 23.2 Å². The van der Waals surface area contributed by atoms with E-state index in [-0.39, 0.29) is 13.0 Å². The first-order valence-electron chi connectivity index (χ1n) is 3.95. The van der Waals surface area contributed by atoms with Gasteiger partial charge in [0.05, 0.1) is 0 Å². The number of rotatable bonds is 3. The van der Waals surface area contributed by atoms with Crippen LogP contribution in [0.4, 0.5) is 4.39 Å². The van der Waals surface area contributed by atoms with Crippen molar-refractivity contribution in [2.45, 2.75) is 12.6 Å². The second-order valence-electron chi connectivity index (χ2n) is 2.68. The van der Waals surface area contributed by atoms with Crippen LogP contribution in [0, 0.1) is 0 Å². The first-order valence-corrected chi connectivity index (χ1v) is 4.70. The quantitative estimate of drug-likeness (QED) is 0.833. The van der Waals surface area contributed by atoms with Gasteiger partial charge in [-0.3, -0.25) is 0 Å². The molecule has 4 heteroatoms. The summed E-state index contributed by atoms with van der Waals surface area (Å²) in [4.78, 5) is 0. The summed E-state index contributed by atoms with van der Waals surface area (Å²) in [6, 6.07) is 4.92. The van der Waals surface area contributed by atoms with Crippen LogP contribution in [0.1, 0.15) is 18.2 Å². The number of alkyl halides is 1. The molecular weight excluding hydrogens is 212 g/mol. The molecule has 1 nitrogen and oxygen atoms in total. The number of benzene rings is 1. The smallest absolute Gasteiger partial charge is 0.129 e. The van der Waals surface area contributed by atoms with Crippen molar-refractivity contribution in [2.75, 3.05) is 6.54 Å². The molecule has 2 N–H and O–H groups in total. The van der Waals surface area contributed by atoms with Gasteiger partial charge in [0.15, 0.2) is 0 Å². The van der Waals surface area contributed by atoms with E-state index in [1.54, 1.807) is 18.2 Å². The second-order valence-corrected chi connectivity index (χ2v) is 3.49. The number of hydrogen-bond acceptors (Lipinski definition) is 1. The molecule has 0 amide bonds. The van der Waals surface area contributed by atoms with Crippen molar-refractivity contribution in [3.63, 3.8) is 0 Å². The summed E-state index contributed by atoms with van der Waals surface area (Å²) in [6.07, 6.45) is -0.935. The molecule has 0 heterocycles. The van der Waals surface area contributed by atoms with Crippen LogP contribution in [0.3, 0.4) is 0 Å². The zero-order valence-electron chi connectivity index (χ0n) is 6.93. The van der Waals surface area contributed by atoms with E-state index in [2.05, 4.69) is 0 Å². The predicted octanol–water partition coefficient (Wildman–Crippen LogP) is 3.35. The Morgan fingerprint density at radius 3 is 2.31 bits per heavy atom. The zero-order valence-corrected chi connectivity index (χ0v) is 8.45. The topological polar surface area (TPSA) is 26.0 Å². The third-order valence-corrected chi connectivity index (χ3v) is 2.39. The highest BCUT2D eigenvalue weighted by molar-refractivity contribution is 6.36. The van der Waals surface area contributed by atoms with Gasteiger partial charge in [0, 0.05) is 15.6 Å². The fourth-order valence-corrected chi connectivity index (χ4v) is 1.73. The van der Waals surface area contributed by atoms with E-state index in [0.717, 1.165) is 0 Å². The van der Waals surface area contributed by atoms with E-state index >= 15 is 0 Å². The summed E-state index contributed by atoms with van der Waals surface area (Å²) in [5, 5.41) is 0.710. The van der Waals surface area contributed by atoms with Crippen LogP contribution < -0.4 is 5.73 Å². The summed E-state index contributed by atoms with van der Waals surface area (Å²) >= 11 is 11.6. The fraction of sp³-hybridized carbons (Fsp3) is 0.333. The largest absolute Gasteiger partial charge is 0.330 e. The van der Waals surface area contributed by atoms with Crippen molar-refractivity contribution in [3.8, 4) is 0 Å². The van der Waals surface area contributed by atoms with Gasteiger partial charge in [-0.2, -0.15) is 0 Å². The van der Waals surface area contributed by atoms with Gasteiger partial charge >= 0.3 is 0 Å². The molecule has 0 bridgehead atoms. The van der Waals surface area contributed by atoms with Crippen LogP contribution in [0.25, 0.3) is 0 Å². The molecule has 0 aliphatic carbocycles. The van der Waals surface area contributed by atoms with E-state index in [4.69, 9.17) is 28.9 Å². The van der Waals surface area contributed by atoms with Gasteiger partial charge < -0.3 is 5.73 Å². The lowest BCUT2D eigenvalue weighted by Crippen LogP contribution is -2.04. The van der Waals surface area contributed by atoms with Crippen LogP contribution in [0.15, 0.2) is 18.2 Å². The first kappa shape index (κ1) is 10.8. The van der Waals surface area contributed by atoms with Crippen LogP contribution in [-0.2, 0) is 0 Å². The van der Waals surface area contributed by atoms with Gasteiger partial charge in [0.25, 0.3) is 0 Å². The highest BCUT2D eigenvalue weighted by Gasteiger charge is 2.15. The van der Waals surface area contributed by atoms with Crippen molar-refractivity contribution < 1.29 is 4.39 Å². The van der Waals surface area contributed by atoms with E-state index in [9.17, 15) is 4.39 Å². The van der Waals surface area contributed by atoms with Gasteiger partial charge in [-0.1, -0.05) is 29.3 Å². The van der Waals surface area contributed by atoms with Crippen molar-refractivity contribution in [1.29, 1.82) is 0 Å². The summed E-state index contributed by atoms with van der Waals surface area (Å²) in [7, 11) is 0. The Bertz CT molecular complexity index is 271. The highest BCUT2D eigenvalue weighted by Crippen LogP contribution is 2.33. The molecule has 0 saturated carbocycles. The maximum Gasteiger partial charge on any atom is 0.129 e. The molecule has 0 aliphatic rings. The first-order chi connectivity index (χ1) is 6.16. The Kier molecular flexibility index (Phi) is 3.97. The molecule has 0 aliphatic heterocycles. The standard InChI is InChI=1S/C9H10Cl2FN/c10-6-2-1-3-7(11)9(6)8(12)4-5-13/h1-3,8H,4-5,13H2. The molecule has 1 unspecified atom stereocenters. The molecule has 0 fully saturated rings. The monoisotopic (exact) mass is 221 g/mol. The molecular formula is C9H10Cl2FN. The van der Waals surface area contributed by atoms with Crippen LogP contribution in [0.2, 0.25) is 10.0 Å². The maximum atomic E-state index is 13.4. The minimum Gasteiger partial charge on any atom is -0.330 e. The molecule has 0 radical (unpaired) electrons. The fourth-order valence-electron chi connectivity index (χ4n) is 1.10. The van der Waals surface area contributed by atoms with Crippen molar-refractivity contribution in [1.82, 2.24) is 0 Å². The van der Waals surface area contributed by atoms with Gasteiger partial charge in [-0.25, -0.2) is 4.39 Å². The molecule has 0 spiro atoms. The summed E-state index contributed by atoms with van der Waals surface area (Å²) < 4.78 is 13.4. The molecule has 72 valence electrons. The summed E-state index contributed by atoms with van der Waals surface area (Å²) in [5.41, 5.74) is 5.58. The lowest BCUT2D eigenvalue weighted by molar-refractivity contribution is 0.328. The SMILES string of the molecule is NCCC(F)c1c(Cl)cccc1Cl. The van der Waals surface area contributed by atoms with Gasteiger partial charge in [-0.05, 0) is 25.1 Å². The number of halogens is 3. The van der Waals surface area contributed by atoms with Crippen molar-refractivity contribution >= 4 is 23.2 Å². The summed E-state index contributed by atoms with van der Waals surface area (Å²) in [6.45, 7) is 0.280. The molecule has 1 aromatic rings. The molecule has 13 heavy (non-hydrogen) atoms. The Hall–Kier alpha value is -0.310. The van der Waals surface area contributed by atoms with Gasteiger partial charge in [0.2, 0.25) is 0 Å². The van der Waals surface area contributed by atoms with Crippen molar-refractivity contribution in [3.05, 3.63) is 33.8 Å². The molecule has 1 atom stereocenters. The minimum absolute atomic E-state index is 0.240. The van der Waals surface area contributed by atoms with E-state index < -0.39 is 6.17 Å². The zero-order chi connectivity index (χ0) is 9.84. The van der Waals surface area contributed by atoms with Crippen molar-refractivity contribution in [2.24, 2.45) is 5.73 Å². The normalized spacial score (nSPS) is 12.9. The van der Waals surface area contributed by atoms with Gasteiger partial charge in [-0.15, -0.1) is 0 Å². The average molecular weight is 222 g/mol. The highest BCUT2D eigenvalue weighted by atomic mass is 35.5. The third-order valence-electron chi connectivity index (χ3n) is 1.73. The van der Waals surface area contributed by atoms with Gasteiger partial charge in [0.1, 0.15) is 6.17 Å².